The molecule has 0 atom stereocenters. The Morgan fingerprint density at radius 2 is 2.05 bits per heavy atom. The third-order valence-corrected chi connectivity index (χ3v) is 2.65. The van der Waals surface area contributed by atoms with Crippen molar-refractivity contribution in [2.24, 2.45) is 5.10 Å². The number of hydrogen-bond acceptors (Lipinski definition) is 4. The van der Waals surface area contributed by atoms with Gasteiger partial charge in [-0.05, 0) is 19.1 Å². The van der Waals surface area contributed by atoms with Crippen molar-refractivity contribution >= 4 is 17.5 Å². The van der Waals surface area contributed by atoms with Gasteiger partial charge < -0.3 is 10.4 Å². The molecule has 0 fully saturated rings. The minimum Gasteiger partial charge on any atom is -0.510 e. The Bertz CT molecular complexity index is 576. The SMILES string of the molecule is C/C(=N/NC(=O)c1ccccc1)C1=C(O)CNC1=O. The van der Waals surface area contributed by atoms with Gasteiger partial charge in [-0.15, -0.1) is 0 Å². The second kappa shape index (κ2) is 5.34. The van der Waals surface area contributed by atoms with Gasteiger partial charge in [-0.2, -0.15) is 5.10 Å². The average molecular weight is 259 g/mol. The number of hydrazone groups is 1. The molecule has 0 spiro atoms. The van der Waals surface area contributed by atoms with Crippen LogP contribution in [0.5, 0.6) is 0 Å². The van der Waals surface area contributed by atoms with Gasteiger partial charge in [-0.25, -0.2) is 5.43 Å². The van der Waals surface area contributed by atoms with Crippen LogP contribution < -0.4 is 10.7 Å². The van der Waals surface area contributed by atoms with E-state index in [-0.39, 0.29) is 29.5 Å². The summed E-state index contributed by atoms with van der Waals surface area (Å²) in [4.78, 5) is 23.1. The maximum Gasteiger partial charge on any atom is 0.271 e. The van der Waals surface area contributed by atoms with Gasteiger partial charge >= 0.3 is 0 Å². The highest BCUT2D eigenvalue weighted by Crippen LogP contribution is 2.10. The van der Waals surface area contributed by atoms with Crippen LogP contribution >= 0.6 is 0 Å². The molecule has 2 rings (SSSR count). The zero-order chi connectivity index (χ0) is 13.8. The summed E-state index contributed by atoms with van der Waals surface area (Å²) < 4.78 is 0. The first-order valence-electron chi connectivity index (χ1n) is 5.70. The highest BCUT2D eigenvalue weighted by Gasteiger charge is 2.24. The molecule has 0 saturated carbocycles. The van der Waals surface area contributed by atoms with Gasteiger partial charge in [0.05, 0.1) is 12.3 Å². The molecule has 1 aromatic rings. The molecule has 6 heteroatoms. The average Bonchev–Trinajstić information content (AvgIpc) is 2.76. The van der Waals surface area contributed by atoms with Crippen LogP contribution in [0, 0.1) is 0 Å². The second-order valence-electron chi connectivity index (χ2n) is 4.01. The number of aliphatic hydroxyl groups is 1. The summed E-state index contributed by atoms with van der Waals surface area (Å²) in [5.74, 6) is -0.841. The zero-order valence-electron chi connectivity index (χ0n) is 10.3. The molecule has 2 amide bonds. The van der Waals surface area contributed by atoms with E-state index < -0.39 is 5.91 Å². The van der Waals surface area contributed by atoms with Gasteiger partial charge in [0.2, 0.25) is 0 Å². The van der Waals surface area contributed by atoms with Crippen LogP contribution in [0.3, 0.4) is 0 Å². The van der Waals surface area contributed by atoms with Crippen LogP contribution in [-0.4, -0.2) is 29.2 Å². The van der Waals surface area contributed by atoms with Crippen LogP contribution in [0.15, 0.2) is 46.8 Å². The van der Waals surface area contributed by atoms with Crippen molar-refractivity contribution in [1.82, 2.24) is 10.7 Å². The predicted octanol–water partition coefficient (Wildman–Crippen LogP) is 0.734. The lowest BCUT2D eigenvalue weighted by atomic mass is 10.1. The molecule has 19 heavy (non-hydrogen) atoms. The molecule has 1 aromatic carbocycles. The molecule has 0 saturated heterocycles. The topological polar surface area (TPSA) is 90.8 Å². The molecule has 0 aromatic heterocycles. The van der Waals surface area contributed by atoms with Gasteiger partial charge in [0.15, 0.2) is 0 Å². The van der Waals surface area contributed by atoms with E-state index in [1.165, 1.54) is 0 Å². The highest BCUT2D eigenvalue weighted by molar-refractivity contribution is 6.22. The lowest BCUT2D eigenvalue weighted by Gasteiger charge is -2.02. The zero-order valence-corrected chi connectivity index (χ0v) is 10.3. The van der Waals surface area contributed by atoms with E-state index in [9.17, 15) is 14.7 Å². The Kier molecular flexibility index (Phi) is 3.61. The highest BCUT2D eigenvalue weighted by atomic mass is 16.3. The molecule has 6 nitrogen and oxygen atoms in total. The largest absolute Gasteiger partial charge is 0.510 e. The Labute approximate surface area is 109 Å². The number of hydrogen-bond donors (Lipinski definition) is 3. The van der Waals surface area contributed by atoms with E-state index in [0.29, 0.717) is 5.56 Å². The predicted molar refractivity (Wildman–Crippen MR) is 69.7 cm³/mol. The normalized spacial score (nSPS) is 15.4. The number of carbonyl (C=O) groups is 2. The van der Waals surface area contributed by atoms with Gasteiger partial charge in [-0.3, -0.25) is 9.59 Å². The molecular formula is C13H13N3O3. The molecule has 1 heterocycles. The third kappa shape index (κ3) is 2.79. The standard InChI is InChI=1S/C13H13N3O3/c1-8(11-10(17)7-14-13(11)19)15-16-12(18)9-5-3-2-4-6-9/h2-6,17H,7H2,1H3,(H,14,19)(H,16,18)/b15-8-. The molecule has 0 radical (unpaired) electrons. The lowest BCUT2D eigenvalue weighted by Crippen LogP contribution is -2.23. The number of aliphatic hydroxyl groups excluding tert-OH is 1. The number of benzene rings is 1. The lowest BCUT2D eigenvalue weighted by molar-refractivity contribution is -0.116. The molecule has 1 aliphatic rings. The molecule has 0 aliphatic carbocycles. The van der Waals surface area contributed by atoms with Crippen molar-refractivity contribution in [3.63, 3.8) is 0 Å². The summed E-state index contributed by atoms with van der Waals surface area (Å²) in [6.07, 6.45) is 0. The second-order valence-corrected chi connectivity index (χ2v) is 4.01. The molecule has 1 aliphatic heterocycles. The van der Waals surface area contributed by atoms with Gasteiger partial charge in [0.25, 0.3) is 11.8 Å². The minimum absolute atomic E-state index is 0.0692. The van der Waals surface area contributed by atoms with Gasteiger partial charge in [0.1, 0.15) is 11.3 Å². The fourth-order valence-electron chi connectivity index (χ4n) is 1.69. The summed E-state index contributed by atoms with van der Waals surface area (Å²) in [5.41, 5.74) is 3.17. The van der Waals surface area contributed by atoms with E-state index in [4.69, 9.17) is 0 Å². The number of nitrogens with one attached hydrogen (secondary N) is 2. The van der Waals surface area contributed by atoms with Crippen LogP contribution in [0.25, 0.3) is 0 Å². The van der Waals surface area contributed by atoms with E-state index in [0.717, 1.165) is 0 Å². The summed E-state index contributed by atoms with van der Waals surface area (Å²) in [6, 6.07) is 8.59. The Morgan fingerprint density at radius 3 is 2.63 bits per heavy atom. The van der Waals surface area contributed by atoms with Crippen LogP contribution in [-0.2, 0) is 4.79 Å². The van der Waals surface area contributed by atoms with Crippen molar-refractivity contribution in [3.8, 4) is 0 Å². The monoisotopic (exact) mass is 259 g/mol. The minimum atomic E-state index is -0.396. The number of nitrogens with zero attached hydrogens (tertiary/aromatic N) is 1. The number of amides is 2. The maximum absolute atomic E-state index is 11.7. The molecule has 0 unspecified atom stereocenters. The number of rotatable bonds is 3. The summed E-state index contributed by atoms with van der Waals surface area (Å²) >= 11 is 0. The first kappa shape index (κ1) is 12.8. The smallest absolute Gasteiger partial charge is 0.271 e. The Balaban J connectivity index is 2.09. The van der Waals surface area contributed by atoms with Crippen LogP contribution in [0.4, 0.5) is 0 Å². The van der Waals surface area contributed by atoms with Crippen LogP contribution in [0.2, 0.25) is 0 Å². The third-order valence-electron chi connectivity index (χ3n) is 2.65. The number of carbonyl (C=O) groups excluding carboxylic acids is 2. The quantitative estimate of drug-likeness (QED) is 0.552. The van der Waals surface area contributed by atoms with Gasteiger partial charge in [-0.1, -0.05) is 18.2 Å². The van der Waals surface area contributed by atoms with E-state index in [1.54, 1.807) is 37.3 Å². The Hall–Kier alpha value is -2.63. The van der Waals surface area contributed by atoms with E-state index in [1.807, 2.05) is 0 Å². The fourth-order valence-corrected chi connectivity index (χ4v) is 1.69. The molecule has 3 N–H and O–H groups in total. The van der Waals surface area contributed by atoms with Crippen molar-refractivity contribution in [2.75, 3.05) is 6.54 Å². The van der Waals surface area contributed by atoms with E-state index in [2.05, 4.69) is 15.8 Å². The first-order valence-corrected chi connectivity index (χ1v) is 5.70. The molecular weight excluding hydrogens is 246 g/mol. The van der Waals surface area contributed by atoms with E-state index >= 15 is 0 Å². The van der Waals surface area contributed by atoms with Gasteiger partial charge in [0, 0.05) is 5.56 Å². The maximum atomic E-state index is 11.7. The first-order chi connectivity index (χ1) is 9.09. The van der Waals surface area contributed by atoms with Crippen molar-refractivity contribution in [3.05, 3.63) is 47.2 Å². The molecule has 98 valence electrons. The summed E-state index contributed by atoms with van der Waals surface area (Å²) in [7, 11) is 0. The summed E-state index contributed by atoms with van der Waals surface area (Å²) in [6.45, 7) is 1.63. The Morgan fingerprint density at radius 1 is 1.37 bits per heavy atom. The fraction of sp³-hybridized carbons (Fsp3) is 0.154. The van der Waals surface area contributed by atoms with Crippen molar-refractivity contribution in [2.45, 2.75) is 6.92 Å². The van der Waals surface area contributed by atoms with Crippen molar-refractivity contribution in [1.29, 1.82) is 0 Å². The van der Waals surface area contributed by atoms with Crippen molar-refractivity contribution < 1.29 is 14.7 Å². The molecule has 0 bridgehead atoms. The van der Waals surface area contributed by atoms with Crippen LogP contribution in [0.1, 0.15) is 17.3 Å². The summed E-state index contributed by atoms with van der Waals surface area (Å²) in [5, 5.41) is 15.8.